The highest BCUT2D eigenvalue weighted by Gasteiger charge is 2.19. The standard InChI is InChI=1S/C13H17N3O3/c1-8(15(2)3)13-14-10-6-9(17)4-5-11(10)16(13)7-12(18)19/h4-6,8,17H,7H2,1-3H3,(H,18,19). The van der Waals surface area contributed by atoms with E-state index in [1.54, 1.807) is 16.7 Å². The highest BCUT2D eigenvalue weighted by atomic mass is 16.4. The van der Waals surface area contributed by atoms with Gasteiger partial charge in [-0.3, -0.25) is 9.69 Å². The minimum absolute atomic E-state index is 0.0195. The maximum absolute atomic E-state index is 11.0. The third-order valence-corrected chi connectivity index (χ3v) is 3.20. The van der Waals surface area contributed by atoms with Crippen molar-refractivity contribution < 1.29 is 15.0 Å². The van der Waals surface area contributed by atoms with Crippen LogP contribution in [0, 0.1) is 0 Å². The molecule has 2 N–H and O–H groups in total. The predicted octanol–water partition coefficient (Wildman–Crippen LogP) is 1.45. The molecule has 0 aliphatic carbocycles. The van der Waals surface area contributed by atoms with E-state index >= 15 is 0 Å². The number of aromatic hydroxyl groups is 1. The number of hydrogen-bond donors (Lipinski definition) is 2. The molecule has 6 nitrogen and oxygen atoms in total. The van der Waals surface area contributed by atoms with Crippen LogP contribution in [0.2, 0.25) is 0 Å². The highest BCUT2D eigenvalue weighted by molar-refractivity contribution is 5.80. The van der Waals surface area contributed by atoms with Gasteiger partial charge in [0.15, 0.2) is 0 Å². The van der Waals surface area contributed by atoms with Gasteiger partial charge >= 0.3 is 5.97 Å². The molecule has 1 aromatic heterocycles. The minimum atomic E-state index is -0.917. The number of phenolic OH excluding ortho intramolecular Hbond substituents is 1. The Morgan fingerprint density at radius 3 is 2.74 bits per heavy atom. The molecule has 6 heteroatoms. The van der Waals surface area contributed by atoms with Gasteiger partial charge in [0.2, 0.25) is 0 Å². The number of aromatic nitrogens is 2. The SMILES string of the molecule is CC(c1nc2cc(O)ccc2n1CC(=O)O)N(C)C. The summed E-state index contributed by atoms with van der Waals surface area (Å²) in [5, 5.41) is 18.5. The van der Waals surface area contributed by atoms with E-state index in [9.17, 15) is 9.90 Å². The smallest absolute Gasteiger partial charge is 0.323 e. The zero-order valence-electron chi connectivity index (χ0n) is 11.2. The molecule has 0 aliphatic rings. The van der Waals surface area contributed by atoms with Gasteiger partial charge in [-0.15, -0.1) is 0 Å². The lowest BCUT2D eigenvalue weighted by Crippen LogP contribution is -2.22. The minimum Gasteiger partial charge on any atom is -0.508 e. The van der Waals surface area contributed by atoms with Crippen molar-refractivity contribution in [2.24, 2.45) is 0 Å². The fourth-order valence-corrected chi connectivity index (χ4v) is 1.99. The number of fused-ring (bicyclic) bond motifs is 1. The molecule has 1 aromatic carbocycles. The second-order valence-electron chi connectivity index (χ2n) is 4.76. The van der Waals surface area contributed by atoms with Crippen LogP contribution in [0.1, 0.15) is 18.8 Å². The van der Waals surface area contributed by atoms with Crippen LogP contribution in [-0.2, 0) is 11.3 Å². The van der Waals surface area contributed by atoms with Gasteiger partial charge < -0.3 is 14.8 Å². The molecule has 102 valence electrons. The van der Waals surface area contributed by atoms with E-state index in [1.165, 1.54) is 6.07 Å². The number of rotatable bonds is 4. The van der Waals surface area contributed by atoms with Crippen LogP contribution in [0.5, 0.6) is 5.75 Å². The summed E-state index contributed by atoms with van der Waals surface area (Å²) < 4.78 is 1.67. The number of benzene rings is 1. The average Bonchev–Trinajstić information content (AvgIpc) is 2.65. The largest absolute Gasteiger partial charge is 0.508 e. The molecule has 0 saturated heterocycles. The van der Waals surface area contributed by atoms with E-state index in [0.29, 0.717) is 16.9 Å². The van der Waals surface area contributed by atoms with Crippen molar-refractivity contribution in [3.8, 4) is 5.75 Å². The van der Waals surface area contributed by atoms with Crippen molar-refractivity contribution in [3.05, 3.63) is 24.0 Å². The quantitative estimate of drug-likeness (QED) is 0.872. The van der Waals surface area contributed by atoms with E-state index in [-0.39, 0.29) is 18.3 Å². The Bertz CT molecular complexity index is 619. The Morgan fingerprint density at radius 2 is 2.16 bits per heavy atom. The number of nitrogens with zero attached hydrogens (tertiary/aromatic N) is 3. The zero-order valence-corrected chi connectivity index (χ0v) is 11.2. The molecule has 1 heterocycles. The lowest BCUT2D eigenvalue weighted by Gasteiger charge is -2.20. The molecular weight excluding hydrogens is 246 g/mol. The Balaban J connectivity index is 2.63. The first kappa shape index (κ1) is 13.4. The van der Waals surface area contributed by atoms with Crippen LogP contribution in [0.3, 0.4) is 0 Å². The van der Waals surface area contributed by atoms with Gasteiger partial charge in [0.05, 0.1) is 17.1 Å². The number of carboxylic acid groups (broad SMARTS) is 1. The summed E-state index contributed by atoms with van der Waals surface area (Å²) in [7, 11) is 3.82. The third-order valence-electron chi connectivity index (χ3n) is 3.20. The first-order chi connectivity index (χ1) is 8.90. The van der Waals surface area contributed by atoms with Crippen LogP contribution in [0.25, 0.3) is 11.0 Å². The van der Waals surface area contributed by atoms with E-state index in [2.05, 4.69) is 4.98 Å². The molecule has 0 radical (unpaired) electrons. The van der Waals surface area contributed by atoms with Crippen LogP contribution >= 0.6 is 0 Å². The average molecular weight is 263 g/mol. The first-order valence-corrected chi connectivity index (χ1v) is 5.97. The van der Waals surface area contributed by atoms with Gasteiger partial charge in [0, 0.05) is 6.07 Å². The maximum Gasteiger partial charge on any atom is 0.323 e. The first-order valence-electron chi connectivity index (χ1n) is 5.97. The van der Waals surface area contributed by atoms with Gasteiger partial charge in [0.1, 0.15) is 18.1 Å². The summed E-state index contributed by atoms with van der Waals surface area (Å²) in [4.78, 5) is 17.4. The summed E-state index contributed by atoms with van der Waals surface area (Å²) in [5.74, 6) is -0.121. The second kappa shape index (κ2) is 4.89. The van der Waals surface area contributed by atoms with Crippen LogP contribution in [-0.4, -0.2) is 44.7 Å². The van der Waals surface area contributed by atoms with Crippen LogP contribution < -0.4 is 0 Å². The molecule has 2 rings (SSSR count). The van der Waals surface area contributed by atoms with Gasteiger partial charge in [0.25, 0.3) is 0 Å². The Kier molecular flexibility index (Phi) is 3.44. The molecule has 19 heavy (non-hydrogen) atoms. The number of aliphatic carboxylic acids is 1. The molecule has 0 spiro atoms. The fourth-order valence-electron chi connectivity index (χ4n) is 1.99. The molecule has 0 saturated carbocycles. The van der Waals surface area contributed by atoms with Crippen molar-refractivity contribution in [2.45, 2.75) is 19.5 Å². The van der Waals surface area contributed by atoms with Gasteiger partial charge in [-0.05, 0) is 33.2 Å². The van der Waals surface area contributed by atoms with Gasteiger partial charge in [-0.2, -0.15) is 0 Å². The number of hydrogen-bond acceptors (Lipinski definition) is 4. The molecule has 0 fully saturated rings. The Labute approximate surface area is 110 Å². The molecule has 0 amide bonds. The summed E-state index contributed by atoms with van der Waals surface area (Å²) in [6.07, 6.45) is 0. The maximum atomic E-state index is 11.0. The van der Waals surface area contributed by atoms with E-state index in [4.69, 9.17) is 5.11 Å². The van der Waals surface area contributed by atoms with Gasteiger partial charge in [-0.25, -0.2) is 4.98 Å². The van der Waals surface area contributed by atoms with E-state index < -0.39 is 5.97 Å². The fraction of sp³-hybridized carbons (Fsp3) is 0.385. The van der Waals surface area contributed by atoms with Crippen molar-refractivity contribution >= 4 is 17.0 Å². The molecular formula is C13H17N3O3. The summed E-state index contributed by atoms with van der Waals surface area (Å²) in [6.45, 7) is 1.81. The lowest BCUT2D eigenvalue weighted by molar-refractivity contribution is -0.137. The van der Waals surface area contributed by atoms with Crippen LogP contribution in [0.15, 0.2) is 18.2 Å². The monoisotopic (exact) mass is 263 g/mol. The number of imidazole rings is 1. The van der Waals surface area contributed by atoms with Crippen molar-refractivity contribution in [1.82, 2.24) is 14.5 Å². The summed E-state index contributed by atoms with van der Waals surface area (Å²) >= 11 is 0. The molecule has 1 atom stereocenters. The lowest BCUT2D eigenvalue weighted by atomic mass is 10.3. The highest BCUT2D eigenvalue weighted by Crippen LogP contribution is 2.25. The topological polar surface area (TPSA) is 78.6 Å². The molecule has 1 unspecified atom stereocenters. The van der Waals surface area contributed by atoms with Crippen LogP contribution in [0.4, 0.5) is 0 Å². The third kappa shape index (κ3) is 2.53. The number of carbonyl (C=O) groups is 1. The van der Waals surface area contributed by atoms with E-state index in [0.717, 1.165) is 0 Å². The Hall–Kier alpha value is -2.08. The van der Waals surface area contributed by atoms with Crippen molar-refractivity contribution in [3.63, 3.8) is 0 Å². The molecule has 0 aliphatic heterocycles. The molecule has 0 bridgehead atoms. The molecule has 2 aromatic rings. The van der Waals surface area contributed by atoms with Gasteiger partial charge in [-0.1, -0.05) is 0 Å². The summed E-state index contributed by atoms with van der Waals surface area (Å²) in [6, 6.07) is 4.74. The van der Waals surface area contributed by atoms with Crippen molar-refractivity contribution in [1.29, 1.82) is 0 Å². The number of carboxylic acids is 1. The zero-order chi connectivity index (χ0) is 14.2. The predicted molar refractivity (Wildman–Crippen MR) is 71.1 cm³/mol. The Morgan fingerprint density at radius 1 is 1.47 bits per heavy atom. The normalized spacial score (nSPS) is 13.1. The summed E-state index contributed by atoms with van der Waals surface area (Å²) in [5.41, 5.74) is 1.31. The second-order valence-corrected chi connectivity index (χ2v) is 4.76. The van der Waals surface area contributed by atoms with E-state index in [1.807, 2.05) is 25.9 Å². The van der Waals surface area contributed by atoms with Crippen molar-refractivity contribution in [2.75, 3.05) is 14.1 Å². The number of phenols is 1.